The van der Waals surface area contributed by atoms with Crippen molar-refractivity contribution < 1.29 is 23.9 Å². The molecule has 0 atom stereocenters. The summed E-state index contributed by atoms with van der Waals surface area (Å²) in [6.45, 7) is 4.68. The monoisotopic (exact) mass is 349 g/mol. The molecule has 136 valence electrons. The Hall–Kier alpha value is -2.61. The Morgan fingerprint density at radius 1 is 1.32 bits per heavy atom. The Kier molecular flexibility index (Phi) is 6.35. The van der Waals surface area contributed by atoms with Crippen molar-refractivity contribution in [1.29, 1.82) is 0 Å². The molecular formula is C17H23N3O5. The van der Waals surface area contributed by atoms with E-state index < -0.39 is 0 Å². The third-order valence-electron chi connectivity index (χ3n) is 3.87. The van der Waals surface area contributed by atoms with Crippen molar-refractivity contribution in [2.45, 2.75) is 13.8 Å². The maximum Gasteiger partial charge on any atom is 0.265 e. The van der Waals surface area contributed by atoms with Gasteiger partial charge >= 0.3 is 0 Å². The van der Waals surface area contributed by atoms with E-state index in [-0.39, 0.29) is 37.5 Å². The summed E-state index contributed by atoms with van der Waals surface area (Å²) in [5.41, 5.74) is 0.964. The van der Waals surface area contributed by atoms with Crippen molar-refractivity contribution in [2.24, 2.45) is 0 Å². The predicted octanol–water partition coefficient (Wildman–Crippen LogP) is 0.865. The first-order chi connectivity index (χ1) is 12.0. The second-order valence-corrected chi connectivity index (χ2v) is 5.50. The number of ether oxygens (including phenoxy) is 2. The predicted molar refractivity (Wildman–Crippen MR) is 92.7 cm³/mol. The van der Waals surface area contributed by atoms with Crippen molar-refractivity contribution >= 4 is 29.1 Å². The van der Waals surface area contributed by atoms with Gasteiger partial charge in [-0.2, -0.15) is 0 Å². The van der Waals surface area contributed by atoms with Crippen LogP contribution in [-0.2, 0) is 19.1 Å². The summed E-state index contributed by atoms with van der Waals surface area (Å²) in [5, 5.41) is 2.67. The van der Waals surface area contributed by atoms with E-state index in [1.807, 2.05) is 13.8 Å². The lowest BCUT2D eigenvalue weighted by atomic mass is 10.2. The van der Waals surface area contributed by atoms with Gasteiger partial charge in [-0.3, -0.25) is 19.3 Å². The molecule has 8 heteroatoms. The fourth-order valence-corrected chi connectivity index (χ4v) is 2.59. The number of benzene rings is 1. The molecule has 0 aliphatic carbocycles. The number of nitrogens with zero attached hydrogens (tertiary/aromatic N) is 2. The van der Waals surface area contributed by atoms with E-state index in [0.29, 0.717) is 30.2 Å². The van der Waals surface area contributed by atoms with Crippen LogP contribution < -0.4 is 15.0 Å². The zero-order chi connectivity index (χ0) is 18.4. The largest absolute Gasteiger partial charge is 0.482 e. The van der Waals surface area contributed by atoms with Gasteiger partial charge < -0.3 is 19.7 Å². The van der Waals surface area contributed by atoms with Crippen LogP contribution in [0.15, 0.2) is 18.2 Å². The molecule has 1 aromatic carbocycles. The number of anilines is 2. The van der Waals surface area contributed by atoms with E-state index in [0.717, 1.165) is 0 Å². The number of hydrogen-bond donors (Lipinski definition) is 1. The van der Waals surface area contributed by atoms with E-state index in [4.69, 9.17) is 9.47 Å². The molecule has 2 rings (SSSR count). The zero-order valence-corrected chi connectivity index (χ0v) is 14.7. The maximum absolute atomic E-state index is 12.4. The normalized spacial score (nSPS) is 13.1. The van der Waals surface area contributed by atoms with Crippen molar-refractivity contribution in [3.05, 3.63) is 18.2 Å². The van der Waals surface area contributed by atoms with Gasteiger partial charge in [0.1, 0.15) is 18.9 Å². The summed E-state index contributed by atoms with van der Waals surface area (Å²) in [6.07, 6.45) is 0. The summed E-state index contributed by atoms with van der Waals surface area (Å²) >= 11 is 0. The van der Waals surface area contributed by atoms with Crippen LogP contribution in [0.5, 0.6) is 5.75 Å². The molecule has 0 fully saturated rings. The number of likely N-dealkylation sites (N-methyl/N-ethyl adjacent to an activating group) is 1. The highest BCUT2D eigenvalue weighted by Gasteiger charge is 2.28. The van der Waals surface area contributed by atoms with Gasteiger partial charge in [0.15, 0.2) is 6.61 Å². The minimum absolute atomic E-state index is 0.0632. The quantitative estimate of drug-likeness (QED) is 0.789. The smallest absolute Gasteiger partial charge is 0.265 e. The van der Waals surface area contributed by atoms with E-state index in [1.54, 1.807) is 23.1 Å². The first kappa shape index (κ1) is 18.7. The molecule has 0 saturated heterocycles. The van der Waals surface area contributed by atoms with Crippen LogP contribution in [0.25, 0.3) is 0 Å². The first-order valence-electron chi connectivity index (χ1n) is 8.13. The highest BCUT2D eigenvalue weighted by molar-refractivity contribution is 6.03. The lowest BCUT2D eigenvalue weighted by Gasteiger charge is -2.31. The fraction of sp³-hybridized carbons (Fsp3) is 0.471. The Morgan fingerprint density at radius 2 is 2.04 bits per heavy atom. The van der Waals surface area contributed by atoms with E-state index in [1.165, 1.54) is 12.0 Å². The summed E-state index contributed by atoms with van der Waals surface area (Å²) < 4.78 is 10.2. The lowest BCUT2D eigenvalue weighted by molar-refractivity contribution is -0.131. The topological polar surface area (TPSA) is 88.2 Å². The van der Waals surface area contributed by atoms with Gasteiger partial charge in [0.2, 0.25) is 11.8 Å². The molecule has 0 saturated carbocycles. The minimum Gasteiger partial charge on any atom is -0.482 e. The number of rotatable bonds is 7. The SMILES string of the molecule is CCN(CC)C(=O)CN1C(=O)COc2ccc(NC(=O)COC)cc21. The average molecular weight is 349 g/mol. The van der Waals surface area contributed by atoms with Crippen LogP contribution in [0, 0.1) is 0 Å². The number of amides is 3. The molecule has 1 N–H and O–H groups in total. The van der Waals surface area contributed by atoms with Crippen LogP contribution in [0.3, 0.4) is 0 Å². The highest BCUT2D eigenvalue weighted by Crippen LogP contribution is 2.34. The van der Waals surface area contributed by atoms with Gasteiger partial charge in [-0.15, -0.1) is 0 Å². The van der Waals surface area contributed by atoms with Crippen molar-refractivity contribution in [3.63, 3.8) is 0 Å². The summed E-state index contributed by atoms with van der Waals surface area (Å²) in [4.78, 5) is 39.3. The molecule has 1 aromatic rings. The van der Waals surface area contributed by atoms with E-state index in [2.05, 4.69) is 5.32 Å². The number of hydrogen-bond acceptors (Lipinski definition) is 5. The summed E-state index contributed by atoms with van der Waals surface area (Å²) in [6, 6.07) is 4.96. The van der Waals surface area contributed by atoms with Gasteiger partial charge in [-0.25, -0.2) is 0 Å². The minimum atomic E-state index is -0.309. The zero-order valence-electron chi connectivity index (χ0n) is 14.7. The molecule has 0 aromatic heterocycles. The van der Waals surface area contributed by atoms with Crippen LogP contribution in [0.1, 0.15) is 13.8 Å². The lowest BCUT2D eigenvalue weighted by Crippen LogP contribution is -2.46. The number of methoxy groups -OCH3 is 1. The van der Waals surface area contributed by atoms with Gasteiger partial charge in [0.05, 0.1) is 5.69 Å². The molecule has 3 amide bonds. The number of nitrogens with one attached hydrogen (secondary N) is 1. The standard InChI is InChI=1S/C17H23N3O5/c1-4-19(5-2)16(22)9-20-13-8-12(18-15(21)10-24-3)6-7-14(13)25-11-17(20)23/h6-8H,4-5,9-11H2,1-3H3,(H,18,21). The Morgan fingerprint density at radius 3 is 2.68 bits per heavy atom. The third kappa shape index (κ3) is 4.48. The van der Waals surface area contributed by atoms with Gasteiger partial charge in [0.25, 0.3) is 5.91 Å². The molecule has 0 spiro atoms. The average Bonchev–Trinajstić information content (AvgIpc) is 2.59. The fourth-order valence-electron chi connectivity index (χ4n) is 2.59. The molecule has 1 aliphatic rings. The van der Waals surface area contributed by atoms with Gasteiger partial charge in [-0.05, 0) is 32.0 Å². The Bertz CT molecular complexity index is 658. The van der Waals surface area contributed by atoms with Crippen LogP contribution >= 0.6 is 0 Å². The number of carbonyl (C=O) groups excluding carboxylic acids is 3. The summed E-state index contributed by atoms with van der Waals surface area (Å²) in [5.74, 6) is -0.249. The van der Waals surface area contributed by atoms with Crippen molar-refractivity contribution in [3.8, 4) is 5.75 Å². The molecule has 1 heterocycles. The molecule has 0 unspecified atom stereocenters. The van der Waals surface area contributed by atoms with E-state index >= 15 is 0 Å². The maximum atomic E-state index is 12.4. The van der Waals surface area contributed by atoms with Crippen LogP contribution in [0.4, 0.5) is 11.4 Å². The molecule has 25 heavy (non-hydrogen) atoms. The molecular weight excluding hydrogens is 326 g/mol. The van der Waals surface area contributed by atoms with Gasteiger partial charge in [-0.1, -0.05) is 0 Å². The number of fused-ring (bicyclic) bond motifs is 1. The van der Waals surface area contributed by atoms with E-state index in [9.17, 15) is 14.4 Å². The second-order valence-electron chi connectivity index (χ2n) is 5.50. The Balaban J connectivity index is 2.24. The molecule has 1 aliphatic heterocycles. The van der Waals surface area contributed by atoms with Crippen LogP contribution in [0.2, 0.25) is 0 Å². The van der Waals surface area contributed by atoms with Gasteiger partial charge in [0, 0.05) is 25.9 Å². The number of carbonyl (C=O) groups is 3. The van der Waals surface area contributed by atoms with Crippen LogP contribution in [-0.4, -0.2) is 62.6 Å². The molecule has 0 radical (unpaired) electrons. The second kappa shape index (κ2) is 8.48. The van der Waals surface area contributed by atoms with Crippen molar-refractivity contribution in [2.75, 3.05) is 50.2 Å². The Labute approximate surface area is 146 Å². The first-order valence-corrected chi connectivity index (χ1v) is 8.13. The highest BCUT2D eigenvalue weighted by atomic mass is 16.5. The third-order valence-corrected chi connectivity index (χ3v) is 3.87. The van der Waals surface area contributed by atoms with Crippen molar-refractivity contribution in [1.82, 2.24) is 4.90 Å². The summed E-state index contributed by atoms with van der Waals surface area (Å²) in [7, 11) is 1.43. The molecule has 8 nitrogen and oxygen atoms in total. The molecule has 0 bridgehead atoms.